The van der Waals surface area contributed by atoms with Crippen molar-refractivity contribution in [2.24, 2.45) is 15.0 Å². The van der Waals surface area contributed by atoms with Crippen LogP contribution in [0.4, 0.5) is 5.69 Å². The molecule has 8 rings (SSSR count). The Bertz CT molecular complexity index is 2370. The third-order valence-corrected chi connectivity index (χ3v) is 9.71. The van der Waals surface area contributed by atoms with Gasteiger partial charge in [0, 0.05) is 28.9 Å². The van der Waals surface area contributed by atoms with Gasteiger partial charge in [-0.3, -0.25) is 9.98 Å². The molecule has 0 amide bonds. The fourth-order valence-electron chi connectivity index (χ4n) is 7.29. The standard InChI is InChI=1S/C44H37N5/c1-30(46-43(33-22-12-6-13-23-33)48-42(45-3)32-20-10-5-11-21-32)49-39-27-17-16-26-35(39)36-28-38-37(29-40(36)49)44(2,34-24-14-7-15-25-34)41(47-38)31-18-8-4-9-19-31/h4-30H,1-3H3,(H,45,46,48). The van der Waals surface area contributed by atoms with Crippen LogP contribution in [0.3, 0.4) is 0 Å². The fourth-order valence-corrected chi connectivity index (χ4v) is 7.29. The van der Waals surface area contributed by atoms with Gasteiger partial charge in [0.1, 0.15) is 17.8 Å². The number of nitrogens with one attached hydrogen (secondary N) is 1. The van der Waals surface area contributed by atoms with Gasteiger partial charge in [-0.1, -0.05) is 140 Å². The van der Waals surface area contributed by atoms with Crippen LogP contribution in [0, 0.1) is 0 Å². The molecule has 1 aliphatic rings. The van der Waals surface area contributed by atoms with E-state index in [9.17, 15) is 0 Å². The SMILES string of the molecule is CN=C(NC(=NC(C)n1c2ccccc2c2cc3c(cc21)C(C)(c1ccccc1)C(c1ccccc1)=N3)c1ccccc1)c1ccccc1. The van der Waals surface area contributed by atoms with Crippen LogP contribution in [0.15, 0.2) is 173 Å². The first-order chi connectivity index (χ1) is 24.1. The molecule has 0 saturated heterocycles. The van der Waals surface area contributed by atoms with Gasteiger partial charge in [-0.2, -0.15) is 0 Å². The summed E-state index contributed by atoms with van der Waals surface area (Å²) in [5.74, 6) is 1.52. The van der Waals surface area contributed by atoms with E-state index in [4.69, 9.17) is 9.98 Å². The monoisotopic (exact) mass is 635 g/mol. The second kappa shape index (κ2) is 12.5. The van der Waals surface area contributed by atoms with E-state index in [2.05, 4.69) is 150 Å². The minimum absolute atomic E-state index is 0.254. The zero-order chi connectivity index (χ0) is 33.4. The summed E-state index contributed by atoms with van der Waals surface area (Å²) in [6.07, 6.45) is -0.254. The van der Waals surface area contributed by atoms with E-state index < -0.39 is 5.41 Å². The normalized spacial score (nSPS) is 16.8. The van der Waals surface area contributed by atoms with E-state index in [1.54, 1.807) is 0 Å². The highest BCUT2D eigenvalue weighted by Crippen LogP contribution is 2.49. The molecule has 2 heterocycles. The van der Waals surface area contributed by atoms with Crippen LogP contribution >= 0.6 is 0 Å². The quantitative estimate of drug-likeness (QED) is 0.144. The van der Waals surface area contributed by atoms with Crippen molar-refractivity contribution >= 4 is 44.9 Å². The lowest BCUT2D eigenvalue weighted by Gasteiger charge is -2.29. The van der Waals surface area contributed by atoms with Crippen molar-refractivity contribution in [1.29, 1.82) is 0 Å². The molecule has 6 aromatic carbocycles. The Morgan fingerprint density at radius 1 is 0.653 bits per heavy atom. The van der Waals surface area contributed by atoms with Gasteiger partial charge in [0.25, 0.3) is 0 Å². The van der Waals surface area contributed by atoms with E-state index >= 15 is 0 Å². The predicted molar refractivity (Wildman–Crippen MR) is 205 cm³/mol. The summed E-state index contributed by atoms with van der Waals surface area (Å²) >= 11 is 0. The van der Waals surface area contributed by atoms with Gasteiger partial charge in [0.15, 0.2) is 0 Å². The smallest absolute Gasteiger partial charge is 0.136 e. The fraction of sp³-hybridized carbons (Fsp3) is 0.114. The number of nitrogens with zero attached hydrogens (tertiary/aromatic N) is 4. The lowest BCUT2D eigenvalue weighted by molar-refractivity contribution is 0.611. The zero-order valence-corrected chi connectivity index (χ0v) is 27.9. The van der Waals surface area contributed by atoms with Crippen molar-refractivity contribution < 1.29 is 0 Å². The summed E-state index contributed by atoms with van der Waals surface area (Å²) in [7, 11) is 1.81. The van der Waals surface area contributed by atoms with Crippen molar-refractivity contribution in [2.45, 2.75) is 25.4 Å². The highest BCUT2D eigenvalue weighted by molar-refractivity contribution is 6.18. The summed E-state index contributed by atoms with van der Waals surface area (Å²) in [4.78, 5) is 15.4. The van der Waals surface area contributed by atoms with Crippen LogP contribution in [0.5, 0.6) is 0 Å². The van der Waals surface area contributed by atoms with E-state index in [1.165, 1.54) is 21.9 Å². The number of fused-ring (bicyclic) bond motifs is 4. The number of aromatic nitrogens is 1. The minimum atomic E-state index is -0.446. The molecule has 0 fully saturated rings. The van der Waals surface area contributed by atoms with Crippen molar-refractivity contribution in [1.82, 2.24) is 9.88 Å². The maximum Gasteiger partial charge on any atom is 0.136 e. The molecular formula is C44H37N5. The van der Waals surface area contributed by atoms with Crippen molar-refractivity contribution in [3.05, 3.63) is 186 Å². The maximum absolute atomic E-state index is 5.41. The Balaban J connectivity index is 1.32. The second-order valence-electron chi connectivity index (χ2n) is 12.6. The van der Waals surface area contributed by atoms with Crippen LogP contribution in [-0.2, 0) is 5.41 Å². The number of benzene rings is 6. The molecule has 2 unspecified atom stereocenters. The van der Waals surface area contributed by atoms with Gasteiger partial charge in [-0.15, -0.1) is 0 Å². The molecule has 0 aliphatic carbocycles. The Labute approximate surface area is 287 Å². The van der Waals surface area contributed by atoms with Gasteiger partial charge in [-0.05, 0) is 48.7 Å². The van der Waals surface area contributed by atoms with Gasteiger partial charge in [-0.25, -0.2) is 4.99 Å². The van der Waals surface area contributed by atoms with Crippen molar-refractivity contribution in [2.75, 3.05) is 7.05 Å². The molecule has 1 aromatic heterocycles. The van der Waals surface area contributed by atoms with Crippen molar-refractivity contribution in [3.8, 4) is 0 Å². The molecule has 1 N–H and O–H groups in total. The summed E-state index contributed by atoms with van der Waals surface area (Å²) in [5, 5.41) is 5.94. The lowest BCUT2D eigenvalue weighted by Crippen LogP contribution is -2.33. The molecule has 0 saturated carbocycles. The number of amidine groups is 2. The number of para-hydroxylation sites is 1. The Hall–Kier alpha value is -6.07. The summed E-state index contributed by atoms with van der Waals surface area (Å²) in [6, 6.07) is 55.1. The Kier molecular flexibility index (Phi) is 7.73. The maximum atomic E-state index is 5.41. The largest absolute Gasteiger partial charge is 0.324 e. The van der Waals surface area contributed by atoms with Gasteiger partial charge in [0.2, 0.25) is 0 Å². The number of rotatable bonds is 6. The molecule has 238 valence electrons. The van der Waals surface area contributed by atoms with Crippen LogP contribution in [-0.4, -0.2) is 29.0 Å². The molecule has 2 atom stereocenters. The number of hydrogen-bond donors (Lipinski definition) is 1. The Morgan fingerprint density at radius 2 is 1.22 bits per heavy atom. The third kappa shape index (κ3) is 5.24. The molecule has 7 aromatic rings. The Morgan fingerprint density at radius 3 is 1.88 bits per heavy atom. The highest BCUT2D eigenvalue weighted by Gasteiger charge is 2.42. The highest BCUT2D eigenvalue weighted by atomic mass is 15.2. The number of hydrogen-bond acceptors (Lipinski definition) is 3. The van der Waals surface area contributed by atoms with E-state index in [1.807, 2.05) is 43.4 Å². The summed E-state index contributed by atoms with van der Waals surface area (Å²) in [6.45, 7) is 4.48. The molecule has 5 nitrogen and oxygen atoms in total. The topological polar surface area (TPSA) is 54.0 Å². The number of aliphatic imine (C=N–C) groups is 3. The first kappa shape index (κ1) is 30.3. The van der Waals surface area contributed by atoms with Crippen molar-refractivity contribution in [3.63, 3.8) is 0 Å². The molecular weight excluding hydrogens is 599 g/mol. The second-order valence-corrected chi connectivity index (χ2v) is 12.6. The first-order valence-corrected chi connectivity index (χ1v) is 16.8. The molecule has 0 radical (unpaired) electrons. The van der Waals surface area contributed by atoms with E-state index in [-0.39, 0.29) is 6.17 Å². The van der Waals surface area contributed by atoms with Crippen LogP contribution in [0.2, 0.25) is 0 Å². The predicted octanol–water partition coefficient (Wildman–Crippen LogP) is 9.87. The molecule has 0 bridgehead atoms. The summed E-state index contributed by atoms with van der Waals surface area (Å²) in [5.41, 5.74) is 9.41. The average Bonchev–Trinajstić information content (AvgIpc) is 3.65. The van der Waals surface area contributed by atoms with Crippen LogP contribution in [0.1, 0.15) is 47.8 Å². The first-order valence-electron chi connectivity index (χ1n) is 16.8. The molecule has 1 aliphatic heterocycles. The molecule has 0 spiro atoms. The van der Waals surface area contributed by atoms with Crippen LogP contribution in [0.25, 0.3) is 21.8 Å². The average molecular weight is 636 g/mol. The van der Waals surface area contributed by atoms with Crippen LogP contribution < -0.4 is 5.32 Å². The van der Waals surface area contributed by atoms with Gasteiger partial charge in [0.05, 0.1) is 27.8 Å². The van der Waals surface area contributed by atoms with Gasteiger partial charge < -0.3 is 9.88 Å². The zero-order valence-electron chi connectivity index (χ0n) is 27.9. The lowest BCUT2D eigenvalue weighted by atomic mass is 9.71. The van der Waals surface area contributed by atoms with Gasteiger partial charge >= 0.3 is 0 Å². The minimum Gasteiger partial charge on any atom is -0.324 e. The third-order valence-electron chi connectivity index (χ3n) is 9.71. The summed E-state index contributed by atoms with van der Waals surface area (Å²) < 4.78 is 2.37. The van der Waals surface area contributed by atoms with E-state index in [0.717, 1.165) is 50.8 Å². The molecule has 49 heavy (non-hydrogen) atoms. The molecule has 5 heteroatoms. The van der Waals surface area contributed by atoms with E-state index in [0.29, 0.717) is 0 Å².